The van der Waals surface area contributed by atoms with Gasteiger partial charge in [-0.15, -0.1) is 24.8 Å². The highest BCUT2D eigenvalue weighted by Crippen LogP contribution is 2.32. The minimum Gasteiger partial charge on any atom is -0.403 e. The number of alkyl halides is 4. The molecule has 17 heavy (non-hydrogen) atoms. The molecule has 0 spiro atoms. The molecule has 0 atom stereocenters. The number of halogens is 5. The van der Waals surface area contributed by atoms with Crippen molar-refractivity contribution in [1.82, 2.24) is 0 Å². The molecule has 3 nitrogen and oxygen atoms in total. The molecule has 0 bridgehead atoms. The Bertz CT molecular complexity index is 433. The van der Waals surface area contributed by atoms with Crippen molar-refractivity contribution in [3.05, 3.63) is 24.0 Å². The van der Waals surface area contributed by atoms with Crippen LogP contribution < -0.4 is 10.5 Å². The molecule has 0 heterocycles. The van der Waals surface area contributed by atoms with Gasteiger partial charge in [0.1, 0.15) is 17.3 Å². The summed E-state index contributed by atoms with van der Waals surface area (Å²) in [7, 11) is 0. The van der Waals surface area contributed by atoms with Gasteiger partial charge >= 0.3 is 6.36 Å². The van der Waals surface area contributed by atoms with E-state index in [0.29, 0.717) is 6.07 Å². The van der Waals surface area contributed by atoms with E-state index >= 15 is 0 Å². The predicted octanol–water partition coefficient (Wildman–Crippen LogP) is 2.95. The molecule has 0 aromatic heterocycles. The maximum absolute atomic E-state index is 12.8. The van der Waals surface area contributed by atoms with Gasteiger partial charge in [-0.1, -0.05) is 0 Å². The number of rotatable bonds is 3. The van der Waals surface area contributed by atoms with Crippen molar-refractivity contribution >= 4 is 23.1 Å². The van der Waals surface area contributed by atoms with Gasteiger partial charge in [0.25, 0.3) is 0 Å². The van der Waals surface area contributed by atoms with E-state index < -0.39 is 17.9 Å². The number of ether oxygens (including phenoxy) is 1. The van der Waals surface area contributed by atoms with Gasteiger partial charge in [0.2, 0.25) is 0 Å². The van der Waals surface area contributed by atoms with E-state index in [1.807, 2.05) is 0 Å². The summed E-state index contributed by atoms with van der Waals surface area (Å²) in [5.41, 5.74) is 5.01. The van der Waals surface area contributed by atoms with Crippen LogP contribution in [0.2, 0.25) is 0 Å². The average Bonchev–Trinajstić information content (AvgIpc) is 2.19. The molecular weight excluding hydrogens is 264 g/mol. The molecule has 0 saturated heterocycles. The summed E-state index contributed by atoms with van der Waals surface area (Å²) in [6.45, 7) is 0. The molecule has 0 unspecified atom stereocenters. The minimum atomic E-state index is -4.94. The molecule has 2 N–H and O–H groups in total. The lowest BCUT2D eigenvalue weighted by Gasteiger charge is -2.11. The SMILES string of the molecule is NC(CCl)=Nc1ccc(F)cc1OC(F)(F)F. The maximum Gasteiger partial charge on any atom is 0.573 e. The monoisotopic (exact) mass is 270 g/mol. The zero-order valence-corrected chi connectivity index (χ0v) is 9.02. The fourth-order valence-electron chi connectivity index (χ4n) is 0.971. The number of hydrogen-bond acceptors (Lipinski definition) is 2. The summed E-state index contributed by atoms with van der Waals surface area (Å²) in [5, 5.41) is 0. The van der Waals surface area contributed by atoms with E-state index in [9.17, 15) is 17.6 Å². The Hall–Kier alpha value is -1.50. The molecule has 0 aliphatic rings. The summed E-state index contributed by atoms with van der Waals surface area (Å²) >= 11 is 5.33. The molecule has 94 valence electrons. The van der Waals surface area contributed by atoms with E-state index in [1.54, 1.807) is 0 Å². The highest BCUT2D eigenvalue weighted by atomic mass is 35.5. The van der Waals surface area contributed by atoms with E-state index in [4.69, 9.17) is 17.3 Å². The Morgan fingerprint density at radius 1 is 1.41 bits per heavy atom. The van der Waals surface area contributed by atoms with Crippen LogP contribution >= 0.6 is 11.6 Å². The number of amidine groups is 1. The van der Waals surface area contributed by atoms with Gasteiger partial charge in [-0.3, -0.25) is 0 Å². The van der Waals surface area contributed by atoms with Crippen LogP contribution in [0, 0.1) is 5.82 Å². The number of nitrogens with two attached hydrogens (primary N) is 1. The molecule has 0 aliphatic heterocycles. The fraction of sp³-hybridized carbons (Fsp3) is 0.222. The molecule has 1 aromatic rings. The van der Waals surface area contributed by atoms with E-state index in [2.05, 4.69) is 9.73 Å². The minimum absolute atomic E-state index is 0.106. The second-order valence-corrected chi connectivity index (χ2v) is 3.16. The second-order valence-electron chi connectivity index (χ2n) is 2.90. The van der Waals surface area contributed by atoms with Crippen LogP contribution in [-0.2, 0) is 0 Å². The van der Waals surface area contributed by atoms with Crippen LogP contribution in [0.5, 0.6) is 5.75 Å². The van der Waals surface area contributed by atoms with E-state index in [0.717, 1.165) is 12.1 Å². The molecule has 8 heteroatoms. The third kappa shape index (κ3) is 4.48. The molecule has 0 fully saturated rings. The van der Waals surface area contributed by atoms with Crippen LogP contribution in [-0.4, -0.2) is 18.1 Å². The summed E-state index contributed by atoms with van der Waals surface area (Å²) in [6, 6.07) is 2.51. The standard InChI is InChI=1S/C9H7ClF4N2O/c10-4-8(15)16-6-2-1-5(11)3-7(6)17-9(12,13)14/h1-3H,4H2,(H2,15,16). The molecular formula is C9H7ClF4N2O. The molecule has 0 saturated carbocycles. The highest BCUT2D eigenvalue weighted by Gasteiger charge is 2.32. The normalized spacial score (nSPS) is 12.6. The lowest BCUT2D eigenvalue weighted by atomic mass is 10.3. The molecule has 0 aliphatic carbocycles. The first-order chi connectivity index (χ1) is 7.81. The molecule has 1 aromatic carbocycles. The van der Waals surface area contributed by atoms with Gasteiger partial charge in [0.15, 0.2) is 5.75 Å². The van der Waals surface area contributed by atoms with Gasteiger partial charge in [-0.05, 0) is 12.1 Å². The lowest BCUT2D eigenvalue weighted by molar-refractivity contribution is -0.274. The summed E-state index contributed by atoms with van der Waals surface area (Å²) in [6.07, 6.45) is -4.94. The predicted molar refractivity (Wildman–Crippen MR) is 55.1 cm³/mol. The first kappa shape index (κ1) is 13.6. The Labute approximate surface area is 98.8 Å². The molecule has 0 amide bonds. The van der Waals surface area contributed by atoms with Crippen LogP contribution in [0.4, 0.5) is 23.2 Å². The van der Waals surface area contributed by atoms with Crippen LogP contribution in [0.1, 0.15) is 0 Å². The van der Waals surface area contributed by atoms with Gasteiger partial charge in [-0.25, -0.2) is 9.38 Å². The fourth-order valence-corrected chi connectivity index (χ4v) is 1.03. The highest BCUT2D eigenvalue weighted by molar-refractivity contribution is 6.28. The van der Waals surface area contributed by atoms with Gasteiger partial charge in [0.05, 0.1) is 5.88 Å². The maximum atomic E-state index is 12.8. The quantitative estimate of drug-likeness (QED) is 0.397. The van der Waals surface area contributed by atoms with Gasteiger partial charge in [-0.2, -0.15) is 0 Å². The summed E-state index contributed by atoms with van der Waals surface area (Å²) in [5.74, 6) is -1.92. The van der Waals surface area contributed by atoms with Crippen molar-refractivity contribution in [2.45, 2.75) is 6.36 Å². The van der Waals surface area contributed by atoms with Gasteiger partial charge in [0, 0.05) is 6.07 Å². The Morgan fingerprint density at radius 2 is 2.06 bits per heavy atom. The Morgan fingerprint density at radius 3 is 2.59 bits per heavy atom. The van der Waals surface area contributed by atoms with Crippen molar-refractivity contribution in [1.29, 1.82) is 0 Å². The number of hydrogen-bond donors (Lipinski definition) is 1. The largest absolute Gasteiger partial charge is 0.573 e. The zero-order valence-electron chi connectivity index (χ0n) is 8.26. The smallest absolute Gasteiger partial charge is 0.403 e. The zero-order chi connectivity index (χ0) is 13.1. The number of benzene rings is 1. The Balaban J connectivity index is 3.13. The van der Waals surface area contributed by atoms with Crippen molar-refractivity contribution in [3.63, 3.8) is 0 Å². The molecule has 0 radical (unpaired) electrons. The molecule has 1 rings (SSSR count). The van der Waals surface area contributed by atoms with Crippen LogP contribution in [0.15, 0.2) is 23.2 Å². The van der Waals surface area contributed by atoms with Crippen LogP contribution in [0.25, 0.3) is 0 Å². The first-order valence-corrected chi connectivity index (χ1v) is 4.79. The Kier molecular flexibility index (Phi) is 4.17. The van der Waals surface area contributed by atoms with E-state index in [1.165, 1.54) is 0 Å². The number of aliphatic imine (C=N–C) groups is 1. The lowest BCUT2D eigenvalue weighted by Crippen LogP contribution is -2.18. The third-order valence-electron chi connectivity index (χ3n) is 1.55. The second kappa shape index (κ2) is 5.22. The van der Waals surface area contributed by atoms with Crippen molar-refractivity contribution < 1.29 is 22.3 Å². The number of nitrogens with zero attached hydrogens (tertiary/aromatic N) is 1. The van der Waals surface area contributed by atoms with Crippen molar-refractivity contribution in [3.8, 4) is 5.75 Å². The van der Waals surface area contributed by atoms with E-state index in [-0.39, 0.29) is 17.4 Å². The van der Waals surface area contributed by atoms with Crippen LogP contribution in [0.3, 0.4) is 0 Å². The van der Waals surface area contributed by atoms with Gasteiger partial charge < -0.3 is 10.5 Å². The van der Waals surface area contributed by atoms with Crippen molar-refractivity contribution in [2.24, 2.45) is 10.7 Å². The first-order valence-electron chi connectivity index (χ1n) is 4.26. The van der Waals surface area contributed by atoms with Crippen molar-refractivity contribution in [2.75, 3.05) is 5.88 Å². The third-order valence-corrected chi connectivity index (χ3v) is 1.82. The summed E-state index contributed by atoms with van der Waals surface area (Å²) < 4.78 is 52.5. The average molecular weight is 271 g/mol. The topological polar surface area (TPSA) is 47.6 Å². The summed E-state index contributed by atoms with van der Waals surface area (Å²) in [4.78, 5) is 3.57.